The summed E-state index contributed by atoms with van der Waals surface area (Å²) in [6.07, 6.45) is 4.65. The summed E-state index contributed by atoms with van der Waals surface area (Å²) in [5, 5.41) is 0.139. The highest BCUT2D eigenvalue weighted by Gasteiger charge is 2.14. The van der Waals surface area contributed by atoms with Gasteiger partial charge in [-0.1, -0.05) is 11.6 Å². The fraction of sp³-hybridized carbons (Fsp3) is 0.167. The Morgan fingerprint density at radius 3 is 2.79 bits per heavy atom. The molecular formula is C12H12ClN3O2S. The van der Waals surface area contributed by atoms with Crippen LogP contribution in [0.15, 0.2) is 41.7 Å². The lowest BCUT2D eigenvalue weighted by Gasteiger charge is -2.08. The van der Waals surface area contributed by atoms with Crippen molar-refractivity contribution in [2.24, 2.45) is 0 Å². The molecule has 0 amide bonds. The summed E-state index contributed by atoms with van der Waals surface area (Å²) in [5.74, 6) is 0. The van der Waals surface area contributed by atoms with Gasteiger partial charge in [0.25, 0.3) is 0 Å². The third-order valence-corrected chi connectivity index (χ3v) is 4.21. The molecule has 0 saturated heterocycles. The highest BCUT2D eigenvalue weighted by Crippen LogP contribution is 2.13. The Kier molecular flexibility index (Phi) is 4.14. The van der Waals surface area contributed by atoms with Gasteiger partial charge in [-0.2, -0.15) is 0 Å². The predicted octanol–water partition coefficient (Wildman–Crippen LogP) is 1.92. The number of sulfonamides is 1. The number of nitrogens with one attached hydrogen (secondary N) is 1. The van der Waals surface area contributed by atoms with Crippen LogP contribution in [0.5, 0.6) is 0 Å². The normalized spacial score (nSPS) is 11.5. The largest absolute Gasteiger partial charge is 0.264 e. The summed E-state index contributed by atoms with van der Waals surface area (Å²) in [4.78, 5) is 7.81. The van der Waals surface area contributed by atoms with Crippen LogP contribution >= 0.6 is 11.6 Å². The fourth-order valence-corrected chi connectivity index (χ4v) is 2.75. The minimum atomic E-state index is -3.60. The number of hydrogen-bond donors (Lipinski definition) is 1. The SMILES string of the molecule is Cc1ccncc1CNS(=O)(=O)c1ccnc(Cl)c1. The van der Waals surface area contributed by atoms with E-state index in [1.165, 1.54) is 18.3 Å². The third kappa shape index (κ3) is 3.50. The molecule has 1 N–H and O–H groups in total. The first-order chi connectivity index (χ1) is 8.99. The zero-order valence-electron chi connectivity index (χ0n) is 10.2. The Hall–Kier alpha value is -1.50. The highest BCUT2D eigenvalue weighted by molar-refractivity contribution is 7.89. The Labute approximate surface area is 116 Å². The maximum absolute atomic E-state index is 12.1. The van der Waals surface area contributed by atoms with Crippen molar-refractivity contribution in [3.63, 3.8) is 0 Å². The Morgan fingerprint density at radius 1 is 1.32 bits per heavy atom. The standard InChI is InChI=1S/C12H12ClN3O2S/c1-9-2-4-14-7-10(9)8-16-19(17,18)11-3-5-15-12(13)6-11/h2-7,16H,8H2,1H3. The first-order valence-corrected chi connectivity index (χ1v) is 7.36. The molecular weight excluding hydrogens is 286 g/mol. The Morgan fingerprint density at radius 2 is 2.11 bits per heavy atom. The molecule has 2 aromatic heterocycles. The van der Waals surface area contributed by atoms with Crippen molar-refractivity contribution in [1.82, 2.24) is 14.7 Å². The van der Waals surface area contributed by atoms with Crippen molar-refractivity contribution < 1.29 is 8.42 Å². The van der Waals surface area contributed by atoms with Crippen LogP contribution < -0.4 is 4.72 Å². The molecule has 0 aliphatic heterocycles. The lowest BCUT2D eigenvalue weighted by molar-refractivity contribution is 0.581. The first-order valence-electron chi connectivity index (χ1n) is 5.50. The molecule has 0 bridgehead atoms. The molecule has 2 heterocycles. The minimum Gasteiger partial charge on any atom is -0.264 e. The molecule has 2 rings (SSSR count). The maximum Gasteiger partial charge on any atom is 0.241 e. The quantitative estimate of drug-likeness (QED) is 0.875. The fourth-order valence-electron chi connectivity index (χ4n) is 1.49. The summed E-state index contributed by atoms with van der Waals surface area (Å²) in [6.45, 7) is 2.08. The second-order valence-electron chi connectivity index (χ2n) is 3.94. The second kappa shape index (κ2) is 5.64. The number of rotatable bonds is 4. The molecule has 0 radical (unpaired) electrons. The van der Waals surface area contributed by atoms with Crippen molar-refractivity contribution in [1.29, 1.82) is 0 Å². The van der Waals surface area contributed by atoms with E-state index in [1.807, 2.05) is 13.0 Å². The summed E-state index contributed by atoms with van der Waals surface area (Å²) in [5.41, 5.74) is 1.80. The predicted molar refractivity (Wildman–Crippen MR) is 72.2 cm³/mol. The third-order valence-electron chi connectivity index (χ3n) is 2.61. The van der Waals surface area contributed by atoms with Gasteiger partial charge in [0.15, 0.2) is 0 Å². The molecule has 0 saturated carbocycles. The highest BCUT2D eigenvalue weighted by atomic mass is 35.5. The van der Waals surface area contributed by atoms with Crippen LogP contribution in [-0.4, -0.2) is 18.4 Å². The van der Waals surface area contributed by atoms with Crippen LogP contribution in [0.1, 0.15) is 11.1 Å². The van der Waals surface area contributed by atoms with Gasteiger partial charge < -0.3 is 0 Å². The number of aryl methyl sites for hydroxylation is 1. The van der Waals surface area contributed by atoms with Crippen LogP contribution in [0.3, 0.4) is 0 Å². The van der Waals surface area contributed by atoms with Gasteiger partial charge in [-0.25, -0.2) is 18.1 Å². The molecule has 0 fully saturated rings. The number of hydrogen-bond acceptors (Lipinski definition) is 4. The average Bonchev–Trinajstić information content (AvgIpc) is 2.38. The summed E-state index contributed by atoms with van der Waals surface area (Å²) in [6, 6.07) is 4.53. The van der Waals surface area contributed by atoms with Crippen LogP contribution in [-0.2, 0) is 16.6 Å². The van der Waals surface area contributed by atoms with Gasteiger partial charge in [-0.05, 0) is 36.2 Å². The van der Waals surface area contributed by atoms with Crippen molar-refractivity contribution in [3.8, 4) is 0 Å². The zero-order chi connectivity index (χ0) is 13.9. The van der Waals surface area contributed by atoms with E-state index in [0.717, 1.165) is 11.1 Å². The monoisotopic (exact) mass is 297 g/mol. The lowest BCUT2D eigenvalue weighted by atomic mass is 10.2. The van der Waals surface area contributed by atoms with E-state index in [-0.39, 0.29) is 16.6 Å². The molecule has 0 unspecified atom stereocenters. The van der Waals surface area contributed by atoms with E-state index in [9.17, 15) is 8.42 Å². The van der Waals surface area contributed by atoms with Crippen molar-refractivity contribution in [3.05, 3.63) is 53.1 Å². The van der Waals surface area contributed by atoms with Gasteiger partial charge in [0.1, 0.15) is 5.15 Å². The second-order valence-corrected chi connectivity index (χ2v) is 6.10. The van der Waals surface area contributed by atoms with Gasteiger partial charge in [0.2, 0.25) is 10.0 Å². The summed E-state index contributed by atoms with van der Waals surface area (Å²) < 4.78 is 26.6. The van der Waals surface area contributed by atoms with Gasteiger partial charge in [-0.3, -0.25) is 4.98 Å². The smallest absolute Gasteiger partial charge is 0.241 e. The number of aromatic nitrogens is 2. The minimum absolute atomic E-state index is 0.0917. The van der Waals surface area contributed by atoms with E-state index >= 15 is 0 Å². The average molecular weight is 298 g/mol. The van der Waals surface area contributed by atoms with E-state index in [2.05, 4.69) is 14.7 Å². The number of nitrogens with zero attached hydrogens (tertiary/aromatic N) is 2. The number of pyridine rings is 2. The molecule has 0 aliphatic rings. The molecule has 5 nitrogen and oxygen atoms in total. The van der Waals surface area contributed by atoms with E-state index < -0.39 is 10.0 Å². The van der Waals surface area contributed by atoms with Crippen molar-refractivity contribution in [2.75, 3.05) is 0 Å². The molecule has 0 atom stereocenters. The van der Waals surface area contributed by atoms with Gasteiger partial charge in [0, 0.05) is 25.1 Å². The van der Waals surface area contributed by atoms with E-state index in [0.29, 0.717) is 0 Å². The van der Waals surface area contributed by atoms with Crippen LogP contribution in [0.25, 0.3) is 0 Å². The van der Waals surface area contributed by atoms with Gasteiger partial charge in [0.05, 0.1) is 4.90 Å². The molecule has 0 aliphatic carbocycles. The van der Waals surface area contributed by atoms with Crippen molar-refractivity contribution in [2.45, 2.75) is 18.4 Å². The lowest BCUT2D eigenvalue weighted by Crippen LogP contribution is -2.23. The Balaban J connectivity index is 2.17. The maximum atomic E-state index is 12.1. The van der Waals surface area contributed by atoms with Crippen LogP contribution in [0.4, 0.5) is 0 Å². The Bertz CT molecular complexity index is 689. The van der Waals surface area contributed by atoms with Crippen LogP contribution in [0, 0.1) is 6.92 Å². The molecule has 7 heteroatoms. The van der Waals surface area contributed by atoms with Crippen LogP contribution in [0.2, 0.25) is 5.15 Å². The summed E-state index contributed by atoms with van der Waals surface area (Å²) >= 11 is 5.68. The first kappa shape index (κ1) is 13.9. The van der Waals surface area contributed by atoms with E-state index in [4.69, 9.17) is 11.6 Å². The number of halogens is 1. The van der Waals surface area contributed by atoms with Crippen molar-refractivity contribution >= 4 is 21.6 Å². The molecule has 0 aromatic carbocycles. The summed E-state index contributed by atoms with van der Waals surface area (Å²) in [7, 11) is -3.60. The zero-order valence-corrected chi connectivity index (χ0v) is 11.7. The molecule has 19 heavy (non-hydrogen) atoms. The molecule has 0 spiro atoms. The van der Waals surface area contributed by atoms with Gasteiger partial charge >= 0.3 is 0 Å². The topological polar surface area (TPSA) is 72.0 Å². The molecule has 100 valence electrons. The molecule has 2 aromatic rings. The van der Waals surface area contributed by atoms with Gasteiger partial charge in [-0.15, -0.1) is 0 Å². The van der Waals surface area contributed by atoms with E-state index in [1.54, 1.807) is 12.4 Å².